The highest BCUT2D eigenvalue weighted by Gasteiger charge is 2.12. The number of hydrogen-bond acceptors (Lipinski definition) is 2. The van der Waals surface area contributed by atoms with Crippen molar-refractivity contribution in [3.05, 3.63) is 70.7 Å². The van der Waals surface area contributed by atoms with Crippen LogP contribution in [0.2, 0.25) is 0 Å². The van der Waals surface area contributed by atoms with Crippen molar-refractivity contribution in [2.75, 3.05) is 0 Å². The van der Waals surface area contributed by atoms with Crippen LogP contribution in [0, 0.1) is 19.7 Å². The lowest BCUT2D eigenvalue weighted by Crippen LogP contribution is -2.42. The average molecular weight is 339 g/mol. The lowest BCUT2D eigenvalue weighted by atomic mass is 10.1. The molecule has 0 aliphatic rings. The molecular formula is C19H18FN3O2. The Morgan fingerprint density at radius 1 is 1.04 bits per heavy atom. The molecule has 0 aliphatic carbocycles. The number of nitrogens with one attached hydrogen (secondary N) is 3. The molecule has 0 aliphatic heterocycles. The summed E-state index contributed by atoms with van der Waals surface area (Å²) < 4.78 is 12.8. The number of fused-ring (bicyclic) bond motifs is 1. The molecule has 0 spiro atoms. The molecule has 3 N–H and O–H groups in total. The zero-order valence-corrected chi connectivity index (χ0v) is 13.9. The van der Waals surface area contributed by atoms with E-state index in [1.54, 1.807) is 6.07 Å². The molecule has 1 heterocycles. The highest BCUT2D eigenvalue weighted by molar-refractivity contribution is 5.99. The number of carbonyl (C=O) groups excluding carboxylic acids is 2. The minimum absolute atomic E-state index is 0.0472. The number of H-pyrrole nitrogens is 1. The Kier molecular flexibility index (Phi) is 4.52. The van der Waals surface area contributed by atoms with E-state index in [1.165, 1.54) is 24.3 Å². The molecule has 0 atom stereocenters. The molecule has 0 saturated heterocycles. The molecule has 0 bridgehead atoms. The highest BCUT2D eigenvalue weighted by atomic mass is 19.1. The van der Waals surface area contributed by atoms with Crippen LogP contribution < -0.4 is 10.9 Å². The van der Waals surface area contributed by atoms with Crippen LogP contribution in [0.15, 0.2) is 42.5 Å². The molecule has 1 aromatic heterocycles. The molecule has 6 heteroatoms. The van der Waals surface area contributed by atoms with Gasteiger partial charge in [0, 0.05) is 10.9 Å². The van der Waals surface area contributed by atoms with Crippen molar-refractivity contribution in [2.24, 2.45) is 0 Å². The van der Waals surface area contributed by atoms with E-state index in [-0.39, 0.29) is 18.1 Å². The number of halogens is 1. The number of carbonyl (C=O) groups is 2. The zero-order chi connectivity index (χ0) is 18.0. The monoisotopic (exact) mass is 339 g/mol. The van der Waals surface area contributed by atoms with Gasteiger partial charge in [-0.05, 0) is 54.8 Å². The van der Waals surface area contributed by atoms with Gasteiger partial charge in [-0.15, -0.1) is 0 Å². The molecule has 3 aromatic rings. The molecule has 0 saturated carbocycles. The molecule has 2 amide bonds. The predicted molar refractivity (Wildman–Crippen MR) is 93.5 cm³/mol. The molecular weight excluding hydrogens is 321 g/mol. The van der Waals surface area contributed by atoms with Crippen molar-refractivity contribution in [1.82, 2.24) is 15.8 Å². The maximum Gasteiger partial charge on any atom is 0.286 e. The van der Waals surface area contributed by atoms with Crippen molar-refractivity contribution in [3.63, 3.8) is 0 Å². The molecule has 0 unspecified atom stereocenters. The molecule has 2 aromatic carbocycles. The van der Waals surface area contributed by atoms with Gasteiger partial charge in [0.2, 0.25) is 5.91 Å². The van der Waals surface area contributed by atoms with E-state index in [1.807, 2.05) is 26.0 Å². The fraction of sp³-hybridized carbons (Fsp3) is 0.158. The number of aryl methyl sites for hydroxylation is 2. The van der Waals surface area contributed by atoms with E-state index in [2.05, 4.69) is 15.8 Å². The SMILES string of the molecule is Cc1cc(C)c2cc(C(=O)NNC(=O)Cc3ccc(F)cc3)[nH]c2c1. The Morgan fingerprint density at radius 3 is 2.48 bits per heavy atom. The van der Waals surface area contributed by atoms with Gasteiger partial charge in [0.1, 0.15) is 11.5 Å². The Hall–Kier alpha value is -3.15. The Morgan fingerprint density at radius 2 is 1.76 bits per heavy atom. The third-order valence-corrected chi connectivity index (χ3v) is 3.93. The van der Waals surface area contributed by atoms with Gasteiger partial charge in [0.05, 0.1) is 6.42 Å². The van der Waals surface area contributed by atoms with Gasteiger partial charge in [-0.2, -0.15) is 0 Å². The normalized spacial score (nSPS) is 10.7. The van der Waals surface area contributed by atoms with Gasteiger partial charge < -0.3 is 4.98 Å². The van der Waals surface area contributed by atoms with Gasteiger partial charge in [0.15, 0.2) is 0 Å². The van der Waals surface area contributed by atoms with E-state index in [9.17, 15) is 14.0 Å². The number of rotatable bonds is 3. The van der Waals surface area contributed by atoms with Gasteiger partial charge in [0.25, 0.3) is 5.91 Å². The summed E-state index contributed by atoms with van der Waals surface area (Å²) in [4.78, 5) is 27.1. The van der Waals surface area contributed by atoms with Crippen molar-refractivity contribution < 1.29 is 14.0 Å². The molecule has 128 valence electrons. The first-order valence-corrected chi connectivity index (χ1v) is 7.86. The third kappa shape index (κ3) is 3.85. The fourth-order valence-corrected chi connectivity index (χ4v) is 2.75. The van der Waals surface area contributed by atoms with Crippen LogP contribution in [0.3, 0.4) is 0 Å². The number of benzene rings is 2. The van der Waals surface area contributed by atoms with Crippen molar-refractivity contribution in [3.8, 4) is 0 Å². The maximum absolute atomic E-state index is 12.8. The molecule has 5 nitrogen and oxygen atoms in total. The van der Waals surface area contributed by atoms with E-state index in [0.29, 0.717) is 11.3 Å². The van der Waals surface area contributed by atoms with Gasteiger partial charge in [-0.3, -0.25) is 20.4 Å². The second kappa shape index (κ2) is 6.76. The molecule has 3 rings (SSSR count). The second-order valence-electron chi connectivity index (χ2n) is 6.03. The minimum Gasteiger partial charge on any atom is -0.350 e. The minimum atomic E-state index is -0.430. The van der Waals surface area contributed by atoms with Crippen molar-refractivity contribution in [1.29, 1.82) is 0 Å². The molecule has 25 heavy (non-hydrogen) atoms. The summed E-state index contributed by atoms with van der Waals surface area (Å²) in [6.45, 7) is 3.97. The lowest BCUT2D eigenvalue weighted by Gasteiger charge is -2.06. The van der Waals surface area contributed by atoms with Crippen molar-refractivity contribution in [2.45, 2.75) is 20.3 Å². The number of aromatic nitrogens is 1. The van der Waals surface area contributed by atoms with E-state index in [0.717, 1.165) is 22.0 Å². The first-order valence-electron chi connectivity index (χ1n) is 7.86. The van der Waals surface area contributed by atoms with Crippen LogP contribution in [0.5, 0.6) is 0 Å². The Labute approximate surface area is 144 Å². The number of hydrogen-bond donors (Lipinski definition) is 3. The fourth-order valence-electron chi connectivity index (χ4n) is 2.75. The van der Waals surface area contributed by atoms with Gasteiger partial charge in [-0.1, -0.05) is 18.2 Å². The average Bonchev–Trinajstić information content (AvgIpc) is 2.99. The summed E-state index contributed by atoms with van der Waals surface area (Å²) in [6, 6.07) is 11.4. The van der Waals surface area contributed by atoms with Crippen LogP contribution in [0.1, 0.15) is 27.2 Å². The second-order valence-corrected chi connectivity index (χ2v) is 6.03. The summed E-state index contributed by atoms with van der Waals surface area (Å²) in [5.41, 5.74) is 8.82. The van der Waals surface area contributed by atoms with Gasteiger partial charge >= 0.3 is 0 Å². The quantitative estimate of drug-likeness (QED) is 0.642. The topological polar surface area (TPSA) is 74.0 Å². The van der Waals surface area contributed by atoms with E-state index < -0.39 is 5.91 Å². The van der Waals surface area contributed by atoms with E-state index in [4.69, 9.17) is 0 Å². The smallest absolute Gasteiger partial charge is 0.286 e. The summed E-state index contributed by atoms with van der Waals surface area (Å²) in [7, 11) is 0. The largest absolute Gasteiger partial charge is 0.350 e. The summed E-state index contributed by atoms with van der Waals surface area (Å²) in [6.07, 6.45) is 0.0472. The predicted octanol–water partition coefficient (Wildman–Crippen LogP) is 2.93. The lowest BCUT2D eigenvalue weighted by molar-refractivity contribution is -0.121. The maximum atomic E-state index is 12.8. The number of amides is 2. The number of aromatic amines is 1. The van der Waals surface area contributed by atoms with E-state index >= 15 is 0 Å². The Bertz CT molecular complexity index is 945. The molecule has 0 fully saturated rings. The first-order chi connectivity index (χ1) is 11.9. The van der Waals surface area contributed by atoms with Crippen LogP contribution >= 0.6 is 0 Å². The standard InChI is InChI=1S/C19H18FN3O2/c1-11-7-12(2)15-10-17(21-16(15)8-11)19(25)23-22-18(24)9-13-3-5-14(20)6-4-13/h3-8,10,21H,9H2,1-2H3,(H,22,24)(H,23,25). The van der Waals surface area contributed by atoms with Crippen LogP contribution in [-0.4, -0.2) is 16.8 Å². The van der Waals surface area contributed by atoms with Crippen LogP contribution in [0.25, 0.3) is 10.9 Å². The zero-order valence-electron chi connectivity index (χ0n) is 13.9. The van der Waals surface area contributed by atoms with Crippen LogP contribution in [-0.2, 0) is 11.2 Å². The summed E-state index contributed by atoms with van der Waals surface area (Å²) in [5.74, 6) is -1.18. The Balaban J connectivity index is 1.63. The third-order valence-electron chi connectivity index (χ3n) is 3.93. The number of hydrazine groups is 1. The first kappa shape index (κ1) is 16.7. The summed E-state index contributed by atoms with van der Waals surface area (Å²) >= 11 is 0. The molecule has 0 radical (unpaired) electrons. The van der Waals surface area contributed by atoms with Gasteiger partial charge in [-0.25, -0.2) is 4.39 Å². The summed E-state index contributed by atoms with van der Waals surface area (Å²) in [5, 5.41) is 0.966. The van der Waals surface area contributed by atoms with Crippen molar-refractivity contribution >= 4 is 22.7 Å². The van der Waals surface area contributed by atoms with Crippen LogP contribution in [0.4, 0.5) is 4.39 Å². The highest BCUT2D eigenvalue weighted by Crippen LogP contribution is 2.21.